The van der Waals surface area contributed by atoms with E-state index in [1.54, 1.807) is 49.4 Å². The van der Waals surface area contributed by atoms with Gasteiger partial charge in [0.05, 0.1) is 16.3 Å². The molecule has 0 aromatic heterocycles. The van der Waals surface area contributed by atoms with E-state index in [1.165, 1.54) is 6.07 Å². The molecule has 0 saturated heterocycles. The first-order chi connectivity index (χ1) is 14.9. The van der Waals surface area contributed by atoms with E-state index in [4.69, 9.17) is 27.9 Å². The Balaban J connectivity index is 1.60. The summed E-state index contributed by atoms with van der Waals surface area (Å²) in [5.41, 5.74) is 4.62. The Morgan fingerprint density at radius 2 is 1.74 bits per heavy atom. The maximum atomic E-state index is 12.5. The molecule has 0 spiro atoms. The van der Waals surface area contributed by atoms with Gasteiger partial charge in [0, 0.05) is 10.7 Å². The fourth-order valence-electron chi connectivity index (χ4n) is 2.60. The van der Waals surface area contributed by atoms with Gasteiger partial charge in [-0.15, -0.1) is 0 Å². The van der Waals surface area contributed by atoms with Crippen molar-refractivity contribution in [2.24, 2.45) is 5.10 Å². The Kier molecular flexibility index (Phi) is 7.65. The summed E-state index contributed by atoms with van der Waals surface area (Å²) in [6, 6.07) is 20.8. The van der Waals surface area contributed by atoms with Crippen LogP contribution in [0.5, 0.6) is 5.75 Å². The van der Waals surface area contributed by atoms with Crippen molar-refractivity contribution in [2.45, 2.75) is 6.92 Å². The lowest BCUT2D eigenvalue weighted by molar-refractivity contribution is -0.123. The van der Waals surface area contributed by atoms with E-state index in [0.29, 0.717) is 27.7 Å². The van der Waals surface area contributed by atoms with Crippen LogP contribution >= 0.6 is 23.2 Å². The van der Waals surface area contributed by atoms with Gasteiger partial charge in [0.25, 0.3) is 11.8 Å². The van der Waals surface area contributed by atoms with Crippen LogP contribution in [0.25, 0.3) is 0 Å². The molecule has 0 aliphatic rings. The summed E-state index contributed by atoms with van der Waals surface area (Å²) < 4.78 is 5.38. The Hall–Kier alpha value is -3.35. The molecule has 6 nitrogen and oxygen atoms in total. The van der Waals surface area contributed by atoms with Crippen molar-refractivity contribution in [1.82, 2.24) is 5.43 Å². The van der Waals surface area contributed by atoms with Gasteiger partial charge < -0.3 is 10.1 Å². The average molecular weight is 456 g/mol. The van der Waals surface area contributed by atoms with Crippen molar-refractivity contribution in [3.8, 4) is 5.75 Å². The van der Waals surface area contributed by atoms with Crippen molar-refractivity contribution >= 4 is 46.4 Å². The van der Waals surface area contributed by atoms with Crippen LogP contribution in [0.15, 0.2) is 77.9 Å². The normalized spacial score (nSPS) is 11.0. The van der Waals surface area contributed by atoms with Gasteiger partial charge in [0.15, 0.2) is 6.61 Å². The highest BCUT2D eigenvalue weighted by molar-refractivity contribution is 6.37. The molecule has 0 radical (unpaired) electrons. The molecular formula is C23H19Cl2N3O3. The number of anilines is 1. The van der Waals surface area contributed by atoms with Crippen LogP contribution in [-0.2, 0) is 4.79 Å². The number of benzene rings is 3. The van der Waals surface area contributed by atoms with Crippen LogP contribution in [0, 0.1) is 0 Å². The summed E-state index contributed by atoms with van der Waals surface area (Å²) in [7, 11) is 0. The molecular weight excluding hydrogens is 437 g/mol. The molecule has 0 aliphatic carbocycles. The average Bonchev–Trinajstić information content (AvgIpc) is 2.76. The topological polar surface area (TPSA) is 79.8 Å². The molecule has 31 heavy (non-hydrogen) atoms. The fourth-order valence-corrected chi connectivity index (χ4v) is 3.10. The third-order valence-electron chi connectivity index (χ3n) is 4.18. The molecule has 8 heteroatoms. The number of amides is 2. The number of rotatable bonds is 7. The van der Waals surface area contributed by atoms with Crippen molar-refractivity contribution in [3.63, 3.8) is 0 Å². The monoisotopic (exact) mass is 455 g/mol. The zero-order chi connectivity index (χ0) is 22.2. The minimum absolute atomic E-state index is 0.154. The smallest absolute Gasteiger partial charge is 0.277 e. The highest BCUT2D eigenvalue weighted by atomic mass is 35.5. The highest BCUT2D eigenvalue weighted by Crippen LogP contribution is 2.22. The van der Waals surface area contributed by atoms with E-state index >= 15 is 0 Å². The van der Waals surface area contributed by atoms with E-state index in [0.717, 1.165) is 5.56 Å². The SMILES string of the molecule is CC(=NNC(=O)COc1ccccc1)c1cccc(NC(=O)c2ccc(Cl)cc2Cl)c1. The van der Waals surface area contributed by atoms with Crippen molar-refractivity contribution < 1.29 is 14.3 Å². The number of halogens is 2. The zero-order valence-electron chi connectivity index (χ0n) is 16.6. The number of carbonyl (C=O) groups excluding carboxylic acids is 2. The van der Waals surface area contributed by atoms with Gasteiger partial charge in [-0.05, 0) is 55.0 Å². The molecule has 0 heterocycles. The number of ether oxygens (including phenoxy) is 1. The van der Waals surface area contributed by atoms with E-state index in [-0.39, 0.29) is 23.4 Å². The molecule has 3 aromatic carbocycles. The molecule has 0 unspecified atom stereocenters. The summed E-state index contributed by atoms with van der Waals surface area (Å²) in [6.45, 7) is 1.59. The van der Waals surface area contributed by atoms with Crippen LogP contribution in [-0.4, -0.2) is 24.1 Å². The highest BCUT2D eigenvalue weighted by Gasteiger charge is 2.11. The third kappa shape index (κ3) is 6.57. The number of hydrogen-bond acceptors (Lipinski definition) is 4. The number of carbonyl (C=O) groups is 2. The molecule has 0 aliphatic heterocycles. The fraction of sp³-hybridized carbons (Fsp3) is 0.0870. The molecule has 158 valence electrons. The predicted octanol–water partition coefficient (Wildman–Crippen LogP) is 5.16. The second-order valence-corrected chi connectivity index (χ2v) is 7.34. The first-order valence-electron chi connectivity index (χ1n) is 9.30. The van der Waals surface area contributed by atoms with E-state index in [9.17, 15) is 9.59 Å². The first-order valence-corrected chi connectivity index (χ1v) is 10.1. The van der Waals surface area contributed by atoms with Gasteiger partial charge in [0.1, 0.15) is 5.75 Å². The summed E-state index contributed by atoms with van der Waals surface area (Å²) in [5, 5.41) is 7.60. The lowest BCUT2D eigenvalue weighted by Crippen LogP contribution is -2.25. The zero-order valence-corrected chi connectivity index (χ0v) is 18.1. The van der Waals surface area contributed by atoms with Gasteiger partial charge in [-0.25, -0.2) is 5.43 Å². The van der Waals surface area contributed by atoms with Crippen LogP contribution in [0.4, 0.5) is 5.69 Å². The lowest BCUT2D eigenvalue weighted by Gasteiger charge is -2.09. The Morgan fingerprint density at radius 3 is 2.48 bits per heavy atom. The van der Waals surface area contributed by atoms with Crippen LogP contribution < -0.4 is 15.5 Å². The standard InChI is InChI=1S/C23H19Cl2N3O3/c1-15(27-28-22(29)14-31-19-8-3-2-4-9-19)16-6-5-7-18(12-16)26-23(30)20-11-10-17(24)13-21(20)25/h2-13H,14H2,1H3,(H,26,30)(H,28,29). The molecule has 0 fully saturated rings. The molecule has 0 bridgehead atoms. The van der Waals surface area contributed by atoms with Crippen molar-refractivity contribution in [3.05, 3.63) is 94.0 Å². The van der Waals surface area contributed by atoms with Gasteiger partial charge in [0.2, 0.25) is 0 Å². The second kappa shape index (κ2) is 10.6. The van der Waals surface area contributed by atoms with E-state index in [2.05, 4.69) is 15.8 Å². The Labute approximate surface area is 189 Å². The quantitative estimate of drug-likeness (QED) is 0.381. The maximum absolute atomic E-state index is 12.5. The summed E-state index contributed by atoms with van der Waals surface area (Å²) in [4.78, 5) is 24.4. The summed E-state index contributed by atoms with van der Waals surface area (Å²) in [5.74, 6) is -0.146. The second-order valence-electron chi connectivity index (χ2n) is 6.49. The first kappa shape index (κ1) is 22.3. The molecule has 3 aromatic rings. The van der Waals surface area contributed by atoms with E-state index < -0.39 is 0 Å². The minimum Gasteiger partial charge on any atom is -0.484 e. The third-order valence-corrected chi connectivity index (χ3v) is 4.72. The van der Waals surface area contributed by atoms with Crippen LogP contribution in [0.3, 0.4) is 0 Å². The van der Waals surface area contributed by atoms with Crippen LogP contribution in [0.2, 0.25) is 10.0 Å². The van der Waals surface area contributed by atoms with E-state index in [1.807, 2.05) is 24.3 Å². The predicted molar refractivity (Wildman–Crippen MR) is 123 cm³/mol. The lowest BCUT2D eigenvalue weighted by atomic mass is 10.1. The van der Waals surface area contributed by atoms with Crippen molar-refractivity contribution in [1.29, 1.82) is 0 Å². The van der Waals surface area contributed by atoms with Gasteiger partial charge in [-0.3, -0.25) is 9.59 Å². The number of nitrogens with zero attached hydrogens (tertiary/aromatic N) is 1. The molecule has 0 saturated carbocycles. The summed E-state index contributed by atoms with van der Waals surface area (Å²) in [6.07, 6.45) is 0. The van der Waals surface area contributed by atoms with Gasteiger partial charge in [-0.2, -0.15) is 5.10 Å². The van der Waals surface area contributed by atoms with Crippen LogP contribution in [0.1, 0.15) is 22.8 Å². The molecule has 2 N–H and O–H groups in total. The Bertz CT molecular complexity index is 1120. The maximum Gasteiger partial charge on any atom is 0.277 e. The van der Waals surface area contributed by atoms with Gasteiger partial charge >= 0.3 is 0 Å². The molecule has 3 rings (SSSR count). The minimum atomic E-state index is -0.384. The number of para-hydroxylation sites is 1. The number of nitrogens with one attached hydrogen (secondary N) is 2. The Morgan fingerprint density at radius 1 is 0.968 bits per heavy atom. The number of hydrazone groups is 1. The summed E-state index contributed by atoms with van der Waals surface area (Å²) >= 11 is 12.0. The van der Waals surface area contributed by atoms with Crippen molar-refractivity contribution in [2.75, 3.05) is 11.9 Å². The largest absolute Gasteiger partial charge is 0.484 e. The molecule has 2 amide bonds. The molecule has 0 atom stereocenters. The number of hydrogen-bond donors (Lipinski definition) is 2. The van der Waals surface area contributed by atoms with Gasteiger partial charge in [-0.1, -0.05) is 53.5 Å².